The van der Waals surface area contributed by atoms with Crippen molar-refractivity contribution >= 4 is 642 Å². The van der Waals surface area contributed by atoms with Gasteiger partial charge in [0.25, 0.3) is 0 Å². The summed E-state index contributed by atoms with van der Waals surface area (Å²) >= 11 is 272. The number of rotatable bonds is 22. The average Bonchev–Trinajstić information content (AvgIpc) is 3.17. The monoisotopic (exact) mass is 2330 g/mol. The predicted octanol–water partition coefficient (Wildman–Crippen LogP) is 1.73. The minimum Gasteiger partial charge on any atom is -0.451 e. The molecule has 0 fully saturated rings. The molecule has 77 heavy (non-hydrogen) atoms. The van der Waals surface area contributed by atoms with Gasteiger partial charge in [0.15, 0.2) is 0 Å². The Morgan fingerprint density at radius 2 is 0.338 bits per heavy atom. The van der Waals surface area contributed by atoms with Gasteiger partial charge in [-0.15, -0.1) is 3.89 Å². The van der Waals surface area contributed by atoms with Gasteiger partial charge in [0, 0.05) is 104 Å². The van der Waals surface area contributed by atoms with Crippen LogP contribution >= 0.6 is 0 Å². The fourth-order valence-corrected chi connectivity index (χ4v) is 513. The molecule has 0 amide bonds. The maximum atomic E-state index is 15.4. The lowest BCUT2D eigenvalue weighted by molar-refractivity contribution is 0.0737. The topological polar surface area (TPSA) is 26.3 Å². The highest BCUT2D eigenvalue weighted by molar-refractivity contribution is 9.81. The van der Waals surface area contributed by atoms with Crippen LogP contribution in [0.3, 0.4) is 0 Å². The van der Waals surface area contributed by atoms with Crippen LogP contribution in [0.5, 0.6) is 0 Å². The van der Waals surface area contributed by atoms with Gasteiger partial charge >= 0.3 is 5.30 Å². The summed E-state index contributed by atoms with van der Waals surface area (Å²) in [5.74, 6) is 0. The van der Waals surface area contributed by atoms with E-state index in [9.17, 15) is 4.79 Å². The number of carbonyl (C=O) groups excluding carboxylic acids is 1. The Morgan fingerprint density at radius 3 is 0.442 bits per heavy atom. The first kappa shape index (κ1) is 94.6. The zero-order valence-corrected chi connectivity index (χ0v) is 89.7. The molecule has 0 bridgehead atoms. The molecule has 0 radical (unpaired) electrons. The van der Waals surface area contributed by atoms with E-state index in [-0.39, 0.29) is 0 Å². The molecule has 0 aliphatic rings. The van der Waals surface area contributed by atoms with E-state index in [1.54, 1.807) is 20.8 Å². The Balaban J connectivity index is 8.59. The van der Waals surface area contributed by atoms with Crippen LogP contribution in [0.1, 0.15) is 20.8 Å². The van der Waals surface area contributed by atoms with Gasteiger partial charge in [0.1, 0.15) is 12.2 Å². The van der Waals surface area contributed by atoms with Crippen LogP contribution in [0.25, 0.3) is 0 Å². The van der Waals surface area contributed by atoms with E-state index >= 15 is 3.89 Å². The third-order valence-corrected chi connectivity index (χ3v) is 439. The predicted molar refractivity (Wildman–Crippen MR) is 536 cm³/mol. The lowest BCUT2D eigenvalue weighted by atomic mass is 10.2. The van der Waals surface area contributed by atoms with Crippen molar-refractivity contribution in [1.82, 2.24) is 0 Å². The maximum absolute atomic E-state index is 15.4. The Hall–Kier alpha value is 17.6. The molecule has 0 aliphatic carbocycles. The number of hydrogen-bond donors (Lipinski definition) is 0. The van der Waals surface area contributed by atoms with Crippen LogP contribution in [-0.4, -0.2) is 10.9 Å². The van der Waals surface area contributed by atoms with Crippen LogP contribution in [-0.2, 0) is 642 Å². The van der Waals surface area contributed by atoms with Crippen molar-refractivity contribution in [2.24, 2.45) is 0 Å². The Bertz CT molecular complexity index is 5510. The molecule has 462 valence electrons. The highest BCUT2D eigenvalue weighted by Gasteiger charge is 2.49. The highest BCUT2D eigenvalue weighted by atomic mass is 34.5. The van der Waals surface area contributed by atoms with E-state index in [1.165, 1.54) is 0 Å². The molecule has 0 N–H and O–H groups in total. The van der Waals surface area contributed by atoms with Gasteiger partial charge in [-0.05, 0) is 535 Å². The van der Waals surface area contributed by atoms with E-state index in [0.717, 1.165) is 0 Å². The van der Waals surface area contributed by atoms with Crippen molar-refractivity contribution in [3.8, 4) is 0 Å². The molecule has 0 aliphatic heterocycles. The molecule has 0 saturated heterocycles. The van der Waals surface area contributed by atoms with Gasteiger partial charge in [0.05, 0.1) is 11.4 Å². The number of halogens is 1. The first-order valence-electron chi connectivity index (χ1n) is 13.8. The lowest BCUT2D eigenvalue weighted by Crippen LogP contribution is -2.40. The van der Waals surface area contributed by atoms with Crippen molar-refractivity contribution in [2.45, 2.75) is 26.4 Å². The van der Waals surface area contributed by atoms with Crippen molar-refractivity contribution in [3.63, 3.8) is 0 Å². The third kappa shape index (κ3) is 15.3. The van der Waals surface area contributed by atoms with Gasteiger partial charge < -0.3 is 4.74 Å². The molecule has 0 heterocycles. The standard InChI is InChI=1S/C5H9FO2S69/c1-5(2,3)8-4(7)55(9,10)57(13,14)59(17,18)61(21,22)63(25,26)65(29,30)67(33,34)69(37,38)71(41,42)73(45,46)75(49,50)77(53,54)76(51,52)74(47,48)72(43,44)70(39,40)68(35,36)66(31,32)64(27,28)62(23,24)60(19,20)58(15,16)56(6,11)12/h1-3H3. The first-order valence-corrected chi connectivity index (χ1v) is 105. The molecule has 0 rings (SSSR count). The zero-order chi connectivity index (χ0) is 64.3. The van der Waals surface area contributed by atoms with E-state index < -0.39 is 133 Å². The van der Waals surface area contributed by atoms with Gasteiger partial charge in [-0.25, -0.2) is 4.79 Å². The van der Waals surface area contributed by atoms with Gasteiger partial charge in [-0.1, -0.05) is 0 Å². The molecule has 72 heteroatoms. The average molecular weight is 2330 g/mol. The molecule has 2 nitrogen and oxygen atoms in total. The van der Waals surface area contributed by atoms with Crippen molar-refractivity contribution in [1.29, 1.82) is 0 Å². The summed E-state index contributed by atoms with van der Waals surface area (Å²) in [7, 11) is 0. The fraction of sp³-hybridized carbons (Fsp3) is 0.800. The van der Waals surface area contributed by atoms with Crippen LogP contribution in [0, 0.1) is 0 Å². The van der Waals surface area contributed by atoms with Crippen LogP contribution < -0.4 is 0 Å². The quantitative estimate of drug-likeness (QED) is 0.0895. The lowest BCUT2D eigenvalue weighted by Gasteiger charge is -2.37. The highest BCUT2D eigenvalue weighted by Crippen LogP contribution is 2.44. The largest absolute Gasteiger partial charge is 0.451 e. The van der Waals surface area contributed by atoms with Crippen molar-refractivity contribution < 1.29 is 13.4 Å². The second-order valence-corrected chi connectivity index (χ2v) is 249. The summed E-state index contributed by atoms with van der Waals surface area (Å²) in [6.07, 6.45) is -3.72. The molecular formula is C5H9FO2S69. The number of carbonyl (C=O) groups is 1. The summed E-state index contributed by atoms with van der Waals surface area (Å²) < 4.78 is 20.9. The van der Waals surface area contributed by atoms with E-state index in [1.807, 2.05) is 0 Å². The Morgan fingerprint density at radius 1 is 0.234 bits per heavy atom. The van der Waals surface area contributed by atoms with E-state index in [4.69, 9.17) is 519 Å². The van der Waals surface area contributed by atoms with E-state index in [2.05, 4.69) is 0 Å². The fourth-order valence-electron chi connectivity index (χ4n) is 2.53. The summed E-state index contributed by atoms with van der Waals surface area (Å²) in [6, 6.07) is 0. The first-order chi connectivity index (χ1) is 32.1. The summed E-state index contributed by atoms with van der Waals surface area (Å²) in [4.78, 5) is 13.5. The van der Waals surface area contributed by atoms with Crippen LogP contribution in [0.4, 0.5) is 8.68 Å². The molecule has 0 saturated carbocycles. The maximum Gasteiger partial charge on any atom is 0.386 e. The Labute approximate surface area is 662 Å². The Kier molecular flexibility index (Phi) is 35.9. The molecular weight excluding hydrogens is 2320 g/mol. The second kappa shape index (κ2) is 29.2. The van der Waals surface area contributed by atoms with Crippen molar-refractivity contribution in [3.05, 3.63) is 0 Å². The third-order valence-electron chi connectivity index (χ3n) is 6.11. The SMILES string of the molecule is CC(C)(C)OC(=O)S(=S)(=S)S(=S)(=S)S(=S)(=S)S(=S)(=S)S(=S)(=S)S(=S)(=S)S(=S)(=S)S(=S)(=S)S(=S)(=S)S(=S)(=S)S(=S)(=S)S(=S)(=S)S(=S)(=S)S(=S)(=S)S(=S)(=S)S(=S)(=S)S(=S)(=S)S(=S)(=S)S(=S)(=S)S(=S)(=S)S(=S)(=S)S(=S)(=S)S(F)(=S)=S. The van der Waals surface area contributed by atoms with E-state index in [0.29, 0.717) is 0 Å². The molecule has 0 aromatic rings. The van der Waals surface area contributed by atoms with Crippen molar-refractivity contribution in [2.75, 3.05) is 0 Å². The molecule has 0 unspecified atom stereocenters. The van der Waals surface area contributed by atoms with Gasteiger partial charge in [-0.2, -0.15) is 0 Å². The minimum atomic E-state index is -4.20. The number of hydrogen-bond acceptors (Lipinski definition) is 48. The summed E-state index contributed by atoms with van der Waals surface area (Å²) in [5.41, 5.74) is -1.10. The zero-order valence-electron chi connectivity index (χ0n) is 33.4. The normalized spacial score (nSPS) is 16.7. The minimum absolute atomic E-state index is 1.10. The van der Waals surface area contributed by atoms with Crippen LogP contribution in [0.2, 0.25) is 0 Å². The summed E-state index contributed by atoms with van der Waals surface area (Å²) in [6.45, 7) is 0.444. The molecule has 0 atom stereocenters. The summed E-state index contributed by atoms with van der Waals surface area (Å²) in [5, 5.41) is -84.6. The van der Waals surface area contributed by atoms with Gasteiger partial charge in [-0.3, -0.25) is 0 Å². The molecule has 0 aromatic heterocycles. The molecule has 0 aromatic carbocycles. The smallest absolute Gasteiger partial charge is 0.386 e. The molecule has 0 spiro atoms. The van der Waals surface area contributed by atoms with Crippen LogP contribution in [0.15, 0.2) is 0 Å². The second-order valence-electron chi connectivity index (χ2n) is 11.9. The number of ether oxygens (including phenoxy) is 1. The van der Waals surface area contributed by atoms with Gasteiger partial charge in [0.2, 0.25) is 0 Å².